The number of nitrogens with zero attached hydrogens (tertiary/aromatic N) is 2. The SMILES string of the molecule is CCC1CCCN1C(=O)c1cc(Br)cn1C1CC1. The van der Waals surface area contributed by atoms with Crippen molar-refractivity contribution in [2.75, 3.05) is 6.54 Å². The summed E-state index contributed by atoms with van der Waals surface area (Å²) in [7, 11) is 0. The molecule has 18 heavy (non-hydrogen) atoms. The number of aromatic nitrogens is 1. The van der Waals surface area contributed by atoms with Crippen LogP contribution in [-0.2, 0) is 0 Å². The van der Waals surface area contributed by atoms with Crippen molar-refractivity contribution in [2.24, 2.45) is 0 Å². The van der Waals surface area contributed by atoms with Crippen LogP contribution in [0, 0.1) is 0 Å². The predicted octanol–water partition coefficient (Wildman–Crippen LogP) is 3.60. The molecule has 0 aromatic carbocycles. The van der Waals surface area contributed by atoms with Crippen LogP contribution in [0.4, 0.5) is 0 Å². The van der Waals surface area contributed by atoms with Crippen LogP contribution in [0.3, 0.4) is 0 Å². The molecule has 1 aromatic heterocycles. The highest BCUT2D eigenvalue weighted by atomic mass is 79.9. The summed E-state index contributed by atoms with van der Waals surface area (Å²) >= 11 is 3.50. The first-order valence-electron chi connectivity index (χ1n) is 6.89. The molecule has 2 aliphatic rings. The van der Waals surface area contributed by atoms with Gasteiger partial charge in [0.15, 0.2) is 0 Å². The van der Waals surface area contributed by atoms with E-state index in [1.165, 1.54) is 12.8 Å². The van der Waals surface area contributed by atoms with E-state index in [4.69, 9.17) is 0 Å². The number of carbonyl (C=O) groups excluding carboxylic acids is 1. The quantitative estimate of drug-likeness (QED) is 0.837. The summed E-state index contributed by atoms with van der Waals surface area (Å²) in [4.78, 5) is 14.7. The summed E-state index contributed by atoms with van der Waals surface area (Å²) in [5, 5.41) is 0. The topological polar surface area (TPSA) is 25.2 Å². The summed E-state index contributed by atoms with van der Waals surface area (Å²) in [6, 6.07) is 2.97. The van der Waals surface area contributed by atoms with Crippen molar-refractivity contribution in [1.29, 1.82) is 0 Å². The van der Waals surface area contributed by atoms with E-state index >= 15 is 0 Å². The minimum atomic E-state index is 0.219. The van der Waals surface area contributed by atoms with Gasteiger partial charge in [-0.25, -0.2) is 0 Å². The van der Waals surface area contributed by atoms with Crippen LogP contribution in [0.2, 0.25) is 0 Å². The Morgan fingerprint density at radius 1 is 1.44 bits per heavy atom. The van der Waals surface area contributed by atoms with Crippen molar-refractivity contribution in [2.45, 2.75) is 51.1 Å². The third-order valence-corrected chi connectivity index (χ3v) is 4.52. The van der Waals surface area contributed by atoms with E-state index in [2.05, 4.69) is 38.5 Å². The first-order chi connectivity index (χ1) is 8.70. The van der Waals surface area contributed by atoms with Gasteiger partial charge in [-0.1, -0.05) is 6.92 Å². The minimum Gasteiger partial charge on any atom is -0.339 e. The minimum absolute atomic E-state index is 0.219. The van der Waals surface area contributed by atoms with Gasteiger partial charge in [-0.2, -0.15) is 0 Å². The second-order valence-corrected chi connectivity index (χ2v) is 6.30. The summed E-state index contributed by atoms with van der Waals surface area (Å²) in [6.45, 7) is 3.09. The Balaban J connectivity index is 1.87. The van der Waals surface area contributed by atoms with Crippen LogP contribution < -0.4 is 0 Å². The third kappa shape index (κ3) is 2.11. The van der Waals surface area contributed by atoms with Crippen molar-refractivity contribution in [3.05, 3.63) is 22.4 Å². The number of likely N-dealkylation sites (tertiary alicyclic amines) is 1. The number of amides is 1. The van der Waals surface area contributed by atoms with Crippen LogP contribution >= 0.6 is 15.9 Å². The van der Waals surface area contributed by atoms with Crippen molar-refractivity contribution in [1.82, 2.24) is 9.47 Å². The van der Waals surface area contributed by atoms with Gasteiger partial charge in [0.25, 0.3) is 5.91 Å². The molecule has 1 unspecified atom stereocenters. The maximum absolute atomic E-state index is 12.7. The lowest BCUT2D eigenvalue weighted by Gasteiger charge is -2.24. The largest absolute Gasteiger partial charge is 0.339 e. The molecule has 1 saturated carbocycles. The second kappa shape index (κ2) is 4.72. The monoisotopic (exact) mass is 310 g/mol. The molecule has 0 spiro atoms. The van der Waals surface area contributed by atoms with Crippen LogP contribution in [-0.4, -0.2) is 28.0 Å². The molecule has 0 radical (unpaired) electrons. The van der Waals surface area contributed by atoms with Crippen LogP contribution in [0.1, 0.15) is 55.6 Å². The molecule has 0 bridgehead atoms. The standard InChI is InChI=1S/C14H19BrN2O/c1-2-11-4-3-7-16(11)14(18)13-8-10(15)9-17(13)12-5-6-12/h8-9,11-12H,2-7H2,1H3. The van der Waals surface area contributed by atoms with Crippen LogP contribution in [0.15, 0.2) is 16.7 Å². The number of rotatable bonds is 3. The molecule has 1 amide bonds. The molecule has 2 heterocycles. The van der Waals surface area contributed by atoms with Gasteiger partial charge in [-0.15, -0.1) is 0 Å². The molecule has 3 nitrogen and oxygen atoms in total. The highest BCUT2D eigenvalue weighted by molar-refractivity contribution is 9.10. The Bertz CT molecular complexity index is 464. The summed E-state index contributed by atoms with van der Waals surface area (Å²) < 4.78 is 3.18. The molecule has 1 aromatic rings. The van der Waals surface area contributed by atoms with Crippen LogP contribution in [0.5, 0.6) is 0 Å². The van der Waals surface area contributed by atoms with E-state index in [0.717, 1.165) is 36.0 Å². The lowest BCUT2D eigenvalue weighted by atomic mass is 10.1. The number of carbonyl (C=O) groups is 1. The molecule has 98 valence electrons. The van der Waals surface area contributed by atoms with Crippen molar-refractivity contribution < 1.29 is 4.79 Å². The molecule has 0 N–H and O–H groups in total. The van der Waals surface area contributed by atoms with Gasteiger partial charge in [0.05, 0.1) is 0 Å². The fraction of sp³-hybridized carbons (Fsp3) is 0.643. The van der Waals surface area contributed by atoms with Gasteiger partial charge in [0, 0.05) is 29.3 Å². The molecule has 1 saturated heterocycles. The molecular formula is C14H19BrN2O. The molecule has 1 atom stereocenters. The molecule has 2 fully saturated rings. The Kier molecular flexibility index (Phi) is 3.22. The van der Waals surface area contributed by atoms with E-state index in [-0.39, 0.29) is 5.91 Å². The average Bonchev–Trinajstić information content (AvgIpc) is 2.97. The van der Waals surface area contributed by atoms with Gasteiger partial charge < -0.3 is 9.47 Å². The fourth-order valence-corrected chi connectivity index (χ4v) is 3.38. The lowest BCUT2D eigenvalue weighted by molar-refractivity contribution is 0.0722. The van der Waals surface area contributed by atoms with Gasteiger partial charge in [-0.05, 0) is 54.1 Å². The maximum Gasteiger partial charge on any atom is 0.270 e. The first-order valence-corrected chi connectivity index (χ1v) is 7.68. The Labute approximate surface area is 116 Å². The number of halogens is 1. The van der Waals surface area contributed by atoms with E-state index < -0.39 is 0 Å². The Hall–Kier alpha value is -0.770. The van der Waals surface area contributed by atoms with Crippen LogP contribution in [0.25, 0.3) is 0 Å². The molecule has 3 rings (SSSR count). The van der Waals surface area contributed by atoms with Gasteiger partial charge in [-0.3, -0.25) is 4.79 Å². The normalized spacial score (nSPS) is 23.7. The highest BCUT2D eigenvalue weighted by Crippen LogP contribution is 2.38. The van der Waals surface area contributed by atoms with Gasteiger partial charge in [0.1, 0.15) is 5.69 Å². The molecule has 1 aliphatic heterocycles. The maximum atomic E-state index is 12.7. The summed E-state index contributed by atoms with van der Waals surface area (Å²) in [6.07, 6.45) is 7.85. The van der Waals surface area contributed by atoms with Crippen molar-refractivity contribution in [3.63, 3.8) is 0 Å². The smallest absolute Gasteiger partial charge is 0.270 e. The molecular weight excluding hydrogens is 292 g/mol. The third-order valence-electron chi connectivity index (χ3n) is 4.08. The van der Waals surface area contributed by atoms with Crippen molar-refractivity contribution in [3.8, 4) is 0 Å². The van der Waals surface area contributed by atoms with E-state index in [0.29, 0.717) is 12.1 Å². The molecule has 4 heteroatoms. The molecule has 1 aliphatic carbocycles. The van der Waals surface area contributed by atoms with E-state index in [1.807, 2.05) is 6.07 Å². The highest BCUT2D eigenvalue weighted by Gasteiger charge is 2.33. The second-order valence-electron chi connectivity index (χ2n) is 5.38. The van der Waals surface area contributed by atoms with E-state index in [1.54, 1.807) is 0 Å². The fourth-order valence-electron chi connectivity index (χ4n) is 2.95. The Morgan fingerprint density at radius 2 is 2.22 bits per heavy atom. The van der Waals surface area contributed by atoms with Gasteiger partial charge in [0.2, 0.25) is 0 Å². The zero-order chi connectivity index (χ0) is 12.7. The van der Waals surface area contributed by atoms with Crippen molar-refractivity contribution >= 4 is 21.8 Å². The van der Waals surface area contributed by atoms with E-state index in [9.17, 15) is 4.79 Å². The van der Waals surface area contributed by atoms with Gasteiger partial charge >= 0.3 is 0 Å². The zero-order valence-electron chi connectivity index (χ0n) is 10.7. The summed E-state index contributed by atoms with van der Waals surface area (Å²) in [5.74, 6) is 0.219. The zero-order valence-corrected chi connectivity index (χ0v) is 12.3. The summed E-state index contributed by atoms with van der Waals surface area (Å²) in [5.41, 5.74) is 0.865. The first kappa shape index (κ1) is 12.3. The lowest BCUT2D eigenvalue weighted by Crippen LogP contribution is -2.36. The number of hydrogen-bond donors (Lipinski definition) is 0. The predicted molar refractivity (Wildman–Crippen MR) is 74.8 cm³/mol. The Morgan fingerprint density at radius 3 is 2.89 bits per heavy atom. The average molecular weight is 311 g/mol. The number of hydrogen-bond acceptors (Lipinski definition) is 1.